The molecule has 7 heteroatoms. The topological polar surface area (TPSA) is 88.2 Å². The van der Waals surface area contributed by atoms with Gasteiger partial charge >= 0.3 is 5.97 Å². The molecule has 6 nitrogen and oxygen atoms in total. The zero-order valence-electron chi connectivity index (χ0n) is 7.38. The Morgan fingerprint density at radius 3 is 2.93 bits per heavy atom. The van der Waals surface area contributed by atoms with Crippen molar-refractivity contribution in [2.45, 2.75) is 6.54 Å². The third kappa shape index (κ3) is 1.65. The average Bonchev–Trinajstić information content (AvgIpc) is 2.55. The van der Waals surface area contributed by atoms with Crippen LogP contribution in [0, 0.1) is 0 Å². The number of nitrogens with zero attached hydrogens (tertiary/aromatic N) is 3. The lowest BCUT2D eigenvalue weighted by Gasteiger charge is -1.99. The third-order valence-corrected chi connectivity index (χ3v) is 2.67. The molecule has 0 unspecified atom stereocenters. The molecule has 78 valence electrons. The van der Waals surface area contributed by atoms with Crippen LogP contribution >= 0.6 is 15.9 Å². The number of halogens is 1. The van der Waals surface area contributed by atoms with Gasteiger partial charge in [-0.1, -0.05) is 5.21 Å². The van der Waals surface area contributed by atoms with E-state index in [0.717, 1.165) is 0 Å². The van der Waals surface area contributed by atoms with Gasteiger partial charge < -0.3 is 10.2 Å². The van der Waals surface area contributed by atoms with Crippen LogP contribution in [-0.4, -0.2) is 31.2 Å². The number of carbonyl (C=O) groups is 1. The van der Waals surface area contributed by atoms with Crippen LogP contribution in [0.4, 0.5) is 0 Å². The molecule has 0 radical (unpaired) electrons. The second-order valence-electron chi connectivity index (χ2n) is 2.91. The molecule has 0 aliphatic rings. The van der Waals surface area contributed by atoms with E-state index >= 15 is 0 Å². The van der Waals surface area contributed by atoms with Crippen molar-refractivity contribution in [1.29, 1.82) is 0 Å². The van der Waals surface area contributed by atoms with Gasteiger partial charge in [-0.25, -0.2) is 4.68 Å². The lowest BCUT2D eigenvalue weighted by atomic mass is 10.3. The molecule has 0 amide bonds. The van der Waals surface area contributed by atoms with E-state index < -0.39 is 5.97 Å². The summed E-state index contributed by atoms with van der Waals surface area (Å²) in [5.41, 5.74) is 0.998. The highest BCUT2D eigenvalue weighted by Crippen LogP contribution is 2.30. The smallest absolute Gasteiger partial charge is 0.325 e. The Bertz CT molecular complexity index is 537. The first-order chi connectivity index (χ1) is 7.09. The van der Waals surface area contributed by atoms with Crippen LogP contribution in [0.15, 0.2) is 16.6 Å². The third-order valence-electron chi connectivity index (χ3n) is 1.89. The van der Waals surface area contributed by atoms with E-state index in [4.69, 9.17) is 5.11 Å². The summed E-state index contributed by atoms with van der Waals surface area (Å²) in [6.45, 7) is -0.256. The number of aliphatic carboxylic acids is 1. The number of rotatable bonds is 2. The fourth-order valence-corrected chi connectivity index (χ4v) is 1.65. The maximum Gasteiger partial charge on any atom is 0.325 e. The van der Waals surface area contributed by atoms with Crippen LogP contribution in [-0.2, 0) is 11.3 Å². The summed E-state index contributed by atoms with van der Waals surface area (Å²) < 4.78 is 1.67. The highest BCUT2D eigenvalue weighted by molar-refractivity contribution is 9.10. The Morgan fingerprint density at radius 2 is 2.27 bits per heavy atom. The van der Waals surface area contributed by atoms with E-state index in [1.165, 1.54) is 10.7 Å². The fraction of sp³-hybridized carbons (Fsp3) is 0.125. The molecule has 1 aromatic carbocycles. The molecule has 0 saturated carbocycles. The van der Waals surface area contributed by atoms with Crippen LogP contribution in [0.2, 0.25) is 0 Å². The summed E-state index contributed by atoms with van der Waals surface area (Å²) in [7, 11) is 0. The number of hydrogen-bond donors (Lipinski definition) is 2. The van der Waals surface area contributed by atoms with Gasteiger partial charge in [0.2, 0.25) is 0 Å². The molecule has 0 atom stereocenters. The minimum absolute atomic E-state index is 0.0462. The molecule has 2 rings (SSSR count). The molecule has 2 aromatic rings. The highest BCUT2D eigenvalue weighted by Gasteiger charge is 2.12. The SMILES string of the molecule is O=C(O)Cn1nnc2c(Br)c(O)ccc21. The lowest BCUT2D eigenvalue weighted by Crippen LogP contribution is -2.09. The van der Waals surface area contributed by atoms with Crippen LogP contribution in [0.25, 0.3) is 11.0 Å². The van der Waals surface area contributed by atoms with Crippen LogP contribution in [0.3, 0.4) is 0 Å². The van der Waals surface area contributed by atoms with E-state index in [2.05, 4.69) is 26.2 Å². The summed E-state index contributed by atoms with van der Waals surface area (Å²) in [4.78, 5) is 10.5. The number of carboxylic acid groups (broad SMARTS) is 1. The van der Waals surface area contributed by atoms with Crippen molar-refractivity contribution >= 4 is 32.9 Å². The Balaban J connectivity index is 2.61. The van der Waals surface area contributed by atoms with E-state index in [1.807, 2.05) is 0 Å². The molecule has 0 fully saturated rings. The molecule has 0 bridgehead atoms. The van der Waals surface area contributed by atoms with Crippen molar-refractivity contribution in [3.8, 4) is 5.75 Å². The Labute approximate surface area is 92.3 Å². The number of phenolic OH excluding ortho intramolecular Hbond substituents is 1. The molecule has 15 heavy (non-hydrogen) atoms. The van der Waals surface area contributed by atoms with Gasteiger partial charge in [0.1, 0.15) is 17.8 Å². The number of aromatic hydroxyl groups is 1. The average molecular weight is 272 g/mol. The molecular weight excluding hydrogens is 266 g/mol. The van der Waals surface area contributed by atoms with Crippen LogP contribution in [0.5, 0.6) is 5.75 Å². The molecule has 1 aromatic heterocycles. The van der Waals surface area contributed by atoms with Crippen molar-refractivity contribution in [2.24, 2.45) is 0 Å². The number of hydrogen-bond acceptors (Lipinski definition) is 4. The monoisotopic (exact) mass is 271 g/mol. The van der Waals surface area contributed by atoms with Gasteiger partial charge in [-0.3, -0.25) is 4.79 Å². The minimum Gasteiger partial charge on any atom is -0.507 e. The quantitative estimate of drug-likeness (QED) is 0.850. The Kier molecular flexibility index (Phi) is 2.31. The van der Waals surface area contributed by atoms with Crippen LogP contribution in [0.1, 0.15) is 0 Å². The summed E-state index contributed by atoms with van der Waals surface area (Å²) in [5, 5.41) is 25.4. The number of aromatic nitrogens is 3. The largest absolute Gasteiger partial charge is 0.507 e. The first-order valence-corrected chi connectivity index (χ1v) is 4.81. The van der Waals surface area contributed by atoms with Gasteiger partial charge in [-0.2, -0.15) is 0 Å². The maximum atomic E-state index is 10.5. The minimum atomic E-state index is -0.994. The molecule has 1 heterocycles. The second-order valence-corrected chi connectivity index (χ2v) is 3.70. The van der Waals surface area contributed by atoms with Crippen molar-refractivity contribution < 1.29 is 15.0 Å². The lowest BCUT2D eigenvalue weighted by molar-refractivity contribution is -0.137. The van der Waals surface area contributed by atoms with Gasteiger partial charge in [0.05, 0.1) is 9.99 Å². The van der Waals surface area contributed by atoms with Crippen LogP contribution < -0.4 is 0 Å². The van der Waals surface area contributed by atoms with Gasteiger partial charge in [0, 0.05) is 0 Å². The van der Waals surface area contributed by atoms with Crippen molar-refractivity contribution in [2.75, 3.05) is 0 Å². The Morgan fingerprint density at radius 1 is 1.53 bits per heavy atom. The van der Waals surface area contributed by atoms with Gasteiger partial charge in [-0.15, -0.1) is 5.10 Å². The summed E-state index contributed by atoms with van der Waals surface area (Å²) in [5.74, 6) is -0.948. The normalized spacial score (nSPS) is 10.7. The zero-order valence-corrected chi connectivity index (χ0v) is 8.97. The molecule has 2 N–H and O–H groups in total. The standard InChI is InChI=1S/C8H6BrN3O3/c9-7-5(13)2-1-4-8(7)10-11-12(4)3-6(14)15/h1-2,13H,3H2,(H,14,15). The summed E-state index contributed by atoms with van der Waals surface area (Å²) in [6, 6.07) is 3.02. The van der Waals surface area contributed by atoms with E-state index in [0.29, 0.717) is 15.5 Å². The molecular formula is C8H6BrN3O3. The van der Waals surface area contributed by atoms with Gasteiger partial charge in [0.25, 0.3) is 0 Å². The fourth-order valence-electron chi connectivity index (χ4n) is 1.24. The number of benzene rings is 1. The summed E-state index contributed by atoms with van der Waals surface area (Å²) >= 11 is 3.15. The molecule has 0 saturated heterocycles. The zero-order chi connectivity index (χ0) is 11.0. The second kappa shape index (κ2) is 3.50. The van der Waals surface area contributed by atoms with Crippen molar-refractivity contribution in [3.05, 3.63) is 16.6 Å². The van der Waals surface area contributed by atoms with Crippen molar-refractivity contribution in [1.82, 2.24) is 15.0 Å². The summed E-state index contributed by atoms with van der Waals surface area (Å²) in [6.07, 6.45) is 0. The predicted octanol–water partition coefficient (Wildman–Crippen LogP) is 0.984. The number of fused-ring (bicyclic) bond motifs is 1. The van der Waals surface area contributed by atoms with E-state index in [1.54, 1.807) is 6.07 Å². The van der Waals surface area contributed by atoms with E-state index in [9.17, 15) is 9.90 Å². The maximum absolute atomic E-state index is 10.5. The van der Waals surface area contributed by atoms with Crippen molar-refractivity contribution in [3.63, 3.8) is 0 Å². The first-order valence-electron chi connectivity index (χ1n) is 4.02. The van der Waals surface area contributed by atoms with Gasteiger partial charge in [0.15, 0.2) is 0 Å². The van der Waals surface area contributed by atoms with Gasteiger partial charge in [-0.05, 0) is 28.1 Å². The predicted molar refractivity (Wildman–Crippen MR) is 54.5 cm³/mol. The molecule has 0 aliphatic carbocycles. The number of carboxylic acids is 1. The molecule has 0 spiro atoms. The number of phenols is 1. The first kappa shape index (κ1) is 9.91. The highest BCUT2D eigenvalue weighted by atomic mass is 79.9. The van der Waals surface area contributed by atoms with E-state index in [-0.39, 0.29) is 12.3 Å². The molecule has 0 aliphatic heterocycles. The Hall–Kier alpha value is -1.63.